The summed E-state index contributed by atoms with van der Waals surface area (Å²) in [5.74, 6) is 0.309. The molecule has 4 nitrogen and oxygen atoms in total. The van der Waals surface area contributed by atoms with Crippen LogP contribution in [0.15, 0.2) is 81.7 Å². The number of hydrogen-bond acceptors (Lipinski definition) is 3. The van der Waals surface area contributed by atoms with E-state index in [-0.39, 0.29) is 5.91 Å². The summed E-state index contributed by atoms with van der Waals surface area (Å²) in [5.41, 5.74) is 3.39. The van der Waals surface area contributed by atoms with Gasteiger partial charge in [-0.15, -0.1) is 0 Å². The number of rotatable bonds is 3. The van der Waals surface area contributed by atoms with Crippen LogP contribution in [0.3, 0.4) is 0 Å². The van der Waals surface area contributed by atoms with Crippen molar-refractivity contribution in [1.82, 2.24) is 4.98 Å². The summed E-state index contributed by atoms with van der Waals surface area (Å²) in [5, 5.41) is 5.22. The molecule has 0 saturated heterocycles. The molecule has 0 saturated carbocycles. The van der Waals surface area contributed by atoms with E-state index in [9.17, 15) is 4.79 Å². The largest absolute Gasteiger partial charge is 0.436 e. The Kier molecular flexibility index (Phi) is 5.45. The molecule has 1 aromatic heterocycles. The molecule has 0 aliphatic rings. The van der Waals surface area contributed by atoms with Gasteiger partial charge in [0.15, 0.2) is 5.58 Å². The summed E-state index contributed by atoms with van der Waals surface area (Å²) in [6, 6.07) is 22.5. The fourth-order valence-corrected chi connectivity index (χ4v) is 4.59. The van der Waals surface area contributed by atoms with E-state index in [0.717, 1.165) is 24.4 Å². The second-order valence-electron chi connectivity index (χ2n) is 6.92. The summed E-state index contributed by atoms with van der Waals surface area (Å²) in [4.78, 5) is 17.6. The zero-order chi connectivity index (χ0) is 21.5. The predicted molar refractivity (Wildman–Crippen MR) is 137 cm³/mol. The van der Waals surface area contributed by atoms with Gasteiger partial charge in [-0.3, -0.25) is 4.79 Å². The number of aromatic nitrogens is 1. The van der Waals surface area contributed by atoms with Crippen molar-refractivity contribution >= 4 is 83.6 Å². The van der Waals surface area contributed by atoms with E-state index in [2.05, 4.69) is 48.8 Å². The summed E-state index contributed by atoms with van der Waals surface area (Å²) < 4.78 is 7.92. The van der Waals surface area contributed by atoms with Gasteiger partial charge in [0.25, 0.3) is 5.91 Å². The van der Waals surface area contributed by atoms with E-state index in [4.69, 9.17) is 16.0 Å². The molecular formula is C24H13BrClIN2O2. The van der Waals surface area contributed by atoms with Crippen LogP contribution >= 0.6 is 50.1 Å². The van der Waals surface area contributed by atoms with E-state index < -0.39 is 0 Å². The maximum atomic E-state index is 13.0. The Hall–Kier alpha value is -2.42. The highest BCUT2D eigenvalue weighted by Gasteiger charge is 2.15. The van der Waals surface area contributed by atoms with Gasteiger partial charge in [-0.25, -0.2) is 4.98 Å². The molecule has 0 aliphatic heterocycles. The van der Waals surface area contributed by atoms with E-state index in [1.165, 1.54) is 0 Å². The lowest BCUT2D eigenvalue weighted by molar-refractivity contribution is 0.102. The Balaban J connectivity index is 1.48. The number of carbonyl (C=O) groups excluding carboxylic acids is 1. The standard InChI is InChI=1S/C24H13BrClIN2O2/c25-19-9-7-13(27)11-18(19)24-29-21-12-14(8-10-22(21)31-24)28-23(30)17-5-1-4-16-15(17)3-2-6-20(16)26/h1-12H,(H,28,30). The molecule has 0 unspecified atom stereocenters. The molecule has 152 valence electrons. The zero-order valence-electron chi connectivity index (χ0n) is 15.8. The number of carbonyl (C=O) groups is 1. The van der Waals surface area contributed by atoms with Gasteiger partial charge < -0.3 is 9.73 Å². The van der Waals surface area contributed by atoms with Gasteiger partial charge in [0.05, 0.1) is 5.56 Å². The minimum Gasteiger partial charge on any atom is -0.436 e. The average Bonchev–Trinajstić information content (AvgIpc) is 3.18. The van der Waals surface area contributed by atoms with Crippen molar-refractivity contribution in [2.45, 2.75) is 0 Å². The molecule has 1 amide bonds. The summed E-state index contributed by atoms with van der Waals surface area (Å²) in [7, 11) is 0. The van der Waals surface area contributed by atoms with E-state index >= 15 is 0 Å². The third-order valence-corrected chi connectivity index (χ3v) is 6.61. The lowest BCUT2D eigenvalue weighted by Gasteiger charge is -2.09. The predicted octanol–water partition coefficient (Wildman–Crippen LogP) is 7.92. The number of anilines is 1. The minimum atomic E-state index is -0.212. The van der Waals surface area contributed by atoms with Crippen molar-refractivity contribution in [3.8, 4) is 11.5 Å². The summed E-state index contributed by atoms with van der Waals surface area (Å²) in [6.45, 7) is 0. The van der Waals surface area contributed by atoms with Crippen LogP contribution in [0.4, 0.5) is 5.69 Å². The Bertz CT molecular complexity index is 1480. The van der Waals surface area contributed by atoms with Crippen LogP contribution < -0.4 is 5.32 Å². The SMILES string of the molecule is O=C(Nc1ccc2oc(-c3cc(I)ccc3Br)nc2c1)c1cccc2c(Cl)cccc12. The van der Waals surface area contributed by atoms with E-state index in [0.29, 0.717) is 33.3 Å². The molecule has 0 atom stereocenters. The van der Waals surface area contributed by atoms with Crippen molar-refractivity contribution in [2.75, 3.05) is 5.32 Å². The highest BCUT2D eigenvalue weighted by Crippen LogP contribution is 2.32. The number of fused-ring (bicyclic) bond motifs is 2. The van der Waals surface area contributed by atoms with Crippen LogP contribution in [0.1, 0.15) is 10.4 Å². The van der Waals surface area contributed by atoms with Gasteiger partial charge in [0.1, 0.15) is 5.52 Å². The first-order valence-electron chi connectivity index (χ1n) is 9.34. The smallest absolute Gasteiger partial charge is 0.256 e. The number of oxazole rings is 1. The van der Waals surface area contributed by atoms with Crippen LogP contribution in [-0.4, -0.2) is 10.9 Å². The topological polar surface area (TPSA) is 55.1 Å². The lowest BCUT2D eigenvalue weighted by Crippen LogP contribution is -2.12. The molecule has 0 spiro atoms. The van der Waals surface area contributed by atoms with Crippen LogP contribution in [0, 0.1) is 3.57 Å². The molecule has 0 radical (unpaired) electrons. The van der Waals surface area contributed by atoms with Gasteiger partial charge in [-0.1, -0.05) is 35.9 Å². The van der Waals surface area contributed by atoms with E-state index in [1.807, 2.05) is 54.6 Å². The molecule has 5 aromatic rings. The molecule has 1 N–H and O–H groups in total. The maximum Gasteiger partial charge on any atom is 0.256 e. The number of benzene rings is 4. The van der Waals surface area contributed by atoms with Gasteiger partial charge in [-0.2, -0.15) is 0 Å². The molecule has 1 heterocycles. The first-order chi connectivity index (χ1) is 15.0. The van der Waals surface area contributed by atoms with Gasteiger partial charge in [-0.05, 0) is 92.4 Å². The highest BCUT2D eigenvalue weighted by atomic mass is 127. The molecule has 5 rings (SSSR count). The lowest BCUT2D eigenvalue weighted by atomic mass is 10.0. The van der Waals surface area contributed by atoms with Gasteiger partial charge in [0.2, 0.25) is 5.89 Å². The van der Waals surface area contributed by atoms with Crippen LogP contribution in [0.2, 0.25) is 5.02 Å². The number of nitrogens with one attached hydrogen (secondary N) is 1. The molecule has 31 heavy (non-hydrogen) atoms. The molecular weight excluding hydrogens is 591 g/mol. The second kappa shape index (κ2) is 8.26. The molecule has 7 heteroatoms. The third kappa shape index (κ3) is 3.95. The molecule has 0 fully saturated rings. The number of halogens is 3. The Morgan fingerprint density at radius 2 is 1.81 bits per heavy atom. The molecule has 0 bridgehead atoms. The van der Waals surface area contributed by atoms with Crippen LogP contribution in [0.5, 0.6) is 0 Å². The van der Waals surface area contributed by atoms with E-state index in [1.54, 1.807) is 18.2 Å². The summed E-state index contributed by atoms with van der Waals surface area (Å²) in [6.07, 6.45) is 0. The van der Waals surface area contributed by atoms with Crippen LogP contribution in [0.25, 0.3) is 33.3 Å². The monoisotopic (exact) mass is 602 g/mol. The first-order valence-corrected chi connectivity index (χ1v) is 11.6. The van der Waals surface area contributed by atoms with Crippen molar-refractivity contribution < 1.29 is 9.21 Å². The molecule has 4 aromatic carbocycles. The minimum absolute atomic E-state index is 0.212. The van der Waals surface area contributed by atoms with Gasteiger partial charge >= 0.3 is 0 Å². The first kappa shape index (κ1) is 20.5. The summed E-state index contributed by atoms with van der Waals surface area (Å²) >= 11 is 12.1. The quantitative estimate of drug-likeness (QED) is 0.213. The third-order valence-electron chi connectivity index (χ3n) is 4.92. The maximum absolute atomic E-state index is 13.0. The van der Waals surface area contributed by atoms with Crippen molar-refractivity contribution in [2.24, 2.45) is 0 Å². The van der Waals surface area contributed by atoms with Crippen LogP contribution in [-0.2, 0) is 0 Å². The number of hydrogen-bond donors (Lipinski definition) is 1. The van der Waals surface area contributed by atoms with Crippen molar-refractivity contribution in [1.29, 1.82) is 0 Å². The highest BCUT2D eigenvalue weighted by molar-refractivity contribution is 14.1. The Morgan fingerprint density at radius 1 is 1.00 bits per heavy atom. The average molecular weight is 604 g/mol. The number of amides is 1. The van der Waals surface area contributed by atoms with Crippen molar-refractivity contribution in [3.63, 3.8) is 0 Å². The van der Waals surface area contributed by atoms with Gasteiger partial charge in [0, 0.05) is 29.7 Å². The fraction of sp³-hybridized carbons (Fsp3) is 0. The molecule has 0 aliphatic carbocycles. The Labute approximate surface area is 204 Å². The fourth-order valence-electron chi connectivity index (χ4n) is 3.45. The van der Waals surface area contributed by atoms with Crippen molar-refractivity contribution in [3.05, 3.63) is 91.4 Å². The zero-order valence-corrected chi connectivity index (χ0v) is 20.3. The number of nitrogens with zero attached hydrogens (tertiary/aromatic N) is 1. The Morgan fingerprint density at radius 3 is 2.68 bits per heavy atom. The second-order valence-corrected chi connectivity index (χ2v) is 9.43. The normalized spacial score (nSPS) is 11.2.